The predicted octanol–water partition coefficient (Wildman–Crippen LogP) is 2.58. The summed E-state index contributed by atoms with van der Waals surface area (Å²) in [5, 5.41) is 3.48. The molecule has 18 heavy (non-hydrogen) atoms. The van der Waals surface area contributed by atoms with Crippen molar-refractivity contribution in [3.63, 3.8) is 0 Å². The van der Waals surface area contributed by atoms with Crippen molar-refractivity contribution in [1.82, 2.24) is 10.2 Å². The van der Waals surface area contributed by atoms with Crippen molar-refractivity contribution in [2.75, 3.05) is 20.1 Å². The van der Waals surface area contributed by atoms with E-state index in [4.69, 9.17) is 0 Å². The number of rotatable bonds is 3. The highest BCUT2D eigenvalue weighted by molar-refractivity contribution is 7.14. The Morgan fingerprint density at radius 1 is 1.50 bits per heavy atom. The summed E-state index contributed by atoms with van der Waals surface area (Å²) in [6.07, 6.45) is 3.72. The minimum absolute atomic E-state index is 0.156. The van der Waals surface area contributed by atoms with E-state index in [-0.39, 0.29) is 5.91 Å². The van der Waals surface area contributed by atoms with Gasteiger partial charge in [0.1, 0.15) is 0 Å². The Morgan fingerprint density at radius 2 is 2.28 bits per heavy atom. The van der Waals surface area contributed by atoms with Gasteiger partial charge >= 0.3 is 0 Å². The molecule has 1 unspecified atom stereocenters. The summed E-state index contributed by atoms with van der Waals surface area (Å²) >= 11 is 1.60. The smallest absolute Gasteiger partial charge is 0.263 e. The molecule has 0 aromatic carbocycles. The molecule has 0 saturated carbocycles. The average molecular weight is 266 g/mol. The number of hydrogen-bond donors (Lipinski definition) is 1. The number of thiophene rings is 1. The summed E-state index contributed by atoms with van der Waals surface area (Å²) in [4.78, 5) is 16.2. The van der Waals surface area contributed by atoms with Gasteiger partial charge in [-0.15, -0.1) is 11.3 Å². The largest absolute Gasteiger partial charge is 0.339 e. The van der Waals surface area contributed by atoms with Crippen LogP contribution in [0, 0.1) is 13.8 Å². The lowest BCUT2D eigenvalue weighted by atomic mass is 10.0. The Balaban J connectivity index is 1.95. The van der Waals surface area contributed by atoms with Gasteiger partial charge in [0.15, 0.2) is 0 Å². The molecule has 3 nitrogen and oxygen atoms in total. The number of aryl methyl sites for hydroxylation is 2. The van der Waals surface area contributed by atoms with E-state index >= 15 is 0 Å². The van der Waals surface area contributed by atoms with E-state index in [9.17, 15) is 4.79 Å². The van der Waals surface area contributed by atoms with E-state index in [1.54, 1.807) is 11.3 Å². The third-order valence-corrected chi connectivity index (χ3v) is 4.77. The third kappa shape index (κ3) is 3.12. The van der Waals surface area contributed by atoms with Gasteiger partial charge in [-0.3, -0.25) is 4.79 Å². The van der Waals surface area contributed by atoms with Crippen LogP contribution >= 0.6 is 11.3 Å². The molecule has 1 aliphatic heterocycles. The minimum Gasteiger partial charge on any atom is -0.339 e. The molecule has 1 aliphatic rings. The van der Waals surface area contributed by atoms with E-state index in [2.05, 4.69) is 19.2 Å². The third-order valence-electron chi connectivity index (χ3n) is 3.63. The molecule has 0 spiro atoms. The molecule has 2 rings (SSSR count). The average Bonchev–Trinajstić information content (AvgIpc) is 2.70. The Morgan fingerprint density at radius 3 is 2.83 bits per heavy atom. The van der Waals surface area contributed by atoms with Crippen LogP contribution in [0.5, 0.6) is 0 Å². The number of carbonyl (C=O) groups excluding carboxylic acids is 1. The Kier molecular flexibility index (Phi) is 4.40. The van der Waals surface area contributed by atoms with E-state index < -0.39 is 0 Å². The second-order valence-electron chi connectivity index (χ2n) is 5.18. The molecule has 1 atom stereocenters. The summed E-state index contributed by atoms with van der Waals surface area (Å²) < 4.78 is 0. The quantitative estimate of drug-likeness (QED) is 0.912. The molecule has 1 amide bonds. The van der Waals surface area contributed by atoms with Crippen molar-refractivity contribution >= 4 is 17.2 Å². The lowest BCUT2D eigenvalue weighted by Gasteiger charge is -2.28. The van der Waals surface area contributed by atoms with Gasteiger partial charge in [-0.25, -0.2) is 0 Å². The lowest BCUT2D eigenvalue weighted by molar-refractivity contribution is 0.0780. The zero-order chi connectivity index (χ0) is 13.1. The van der Waals surface area contributed by atoms with Crippen molar-refractivity contribution in [2.24, 2.45) is 0 Å². The van der Waals surface area contributed by atoms with E-state index in [1.807, 2.05) is 18.0 Å². The van der Waals surface area contributed by atoms with Gasteiger partial charge in [0.05, 0.1) is 4.88 Å². The first kappa shape index (κ1) is 13.6. The number of amides is 1. The standard InChI is InChI=1S/C14H22N2OS/c1-10-8-13(18-11(10)2)14(17)16(3)9-12-6-4-5-7-15-12/h8,12,15H,4-7,9H2,1-3H3. The second-order valence-corrected chi connectivity index (χ2v) is 6.44. The highest BCUT2D eigenvalue weighted by Gasteiger charge is 2.20. The number of nitrogens with one attached hydrogen (secondary N) is 1. The van der Waals surface area contributed by atoms with E-state index in [1.165, 1.54) is 29.7 Å². The fourth-order valence-corrected chi connectivity index (χ4v) is 3.39. The number of likely N-dealkylation sites (N-methyl/N-ethyl adjacent to an activating group) is 1. The summed E-state index contributed by atoms with van der Waals surface area (Å²) in [6.45, 7) is 6.03. The maximum atomic E-state index is 12.3. The normalized spacial score (nSPS) is 19.8. The fourth-order valence-electron chi connectivity index (χ4n) is 2.36. The van der Waals surface area contributed by atoms with Gasteiger partial charge in [0, 0.05) is 24.5 Å². The highest BCUT2D eigenvalue weighted by Crippen LogP contribution is 2.22. The molecular formula is C14H22N2OS. The van der Waals surface area contributed by atoms with Gasteiger partial charge < -0.3 is 10.2 Å². The van der Waals surface area contributed by atoms with Crippen LogP contribution in [0.25, 0.3) is 0 Å². The van der Waals surface area contributed by atoms with Gasteiger partial charge in [-0.05, 0) is 44.9 Å². The maximum absolute atomic E-state index is 12.3. The number of nitrogens with zero attached hydrogens (tertiary/aromatic N) is 1. The number of carbonyl (C=O) groups is 1. The van der Waals surface area contributed by atoms with Gasteiger partial charge in [-0.2, -0.15) is 0 Å². The van der Waals surface area contributed by atoms with Crippen LogP contribution in [0.15, 0.2) is 6.07 Å². The SMILES string of the molecule is Cc1cc(C(=O)N(C)CC2CCCCN2)sc1C. The molecule has 1 saturated heterocycles. The number of hydrogen-bond acceptors (Lipinski definition) is 3. The molecule has 1 N–H and O–H groups in total. The highest BCUT2D eigenvalue weighted by atomic mass is 32.1. The molecular weight excluding hydrogens is 244 g/mol. The monoisotopic (exact) mass is 266 g/mol. The molecule has 1 aromatic heterocycles. The first-order chi connectivity index (χ1) is 8.58. The first-order valence-electron chi connectivity index (χ1n) is 6.64. The summed E-state index contributed by atoms with van der Waals surface area (Å²) in [5.74, 6) is 0.156. The Hall–Kier alpha value is -0.870. The van der Waals surface area contributed by atoms with Crippen molar-refractivity contribution in [2.45, 2.75) is 39.2 Å². The van der Waals surface area contributed by atoms with Gasteiger partial charge in [0.2, 0.25) is 0 Å². The van der Waals surface area contributed by atoms with Crippen LogP contribution in [-0.4, -0.2) is 37.0 Å². The zero-order valence-corrected chi connectivity index (χ0v) is 12.3. The van der Waals surface area contributed by atoms with Crippen molar-refractivity contribution in [3.05, 3.63) is 21.4 Å². The fraction of sp³-hybridized carbons (Fsp3) is 0.643. The number of piperidine rings is 1. The molecule has 0 bridgehead atoms. The molecule has 100 valence electrons. The molecule has 0 aliphatic carbocycles. The summed E-state index contributed by atoms with van der Waals surface area (Å²) in [5.41, 5.74) is 1.22. The van der Waals surface area contributed by atoms with Crippen LogP contribution in [0.4, 0.5) is 0 Å². The van der Waals surface area contributed by atoms with Crippen LogP contribution in [-0.2, 0) is 0 Å². The predicted molar refractivity (Wildman–Crippen MR) is 76.4 cm³/mol. The maximum Gasteiger partial charge on any atom is 0.263 e. The van der Waals surface area contributed by atoms with Crippen LogP contribution < -0.4 is 5.32 Å². The van der Waals surface area contributed by atoms with Crippen molar-refractivity contribution in [3.8, 4) is 0 Å². The van der Waals surface area contributed by atoms with Gasteiger partial charge in [0.25, 0.3) is 5.91 Å². The van der Waals surface area contributed by atoms with Crippen LogP contribution in [0.3, 0.4) is 0 Å². The van der Waals surface area contributed by atoms with Crippen molar-refractivity contribution < 1.29 is 4.79 Å². The van der Waals surface area contributed by atoms with E-state index in [0.29, 0.717) is 6.04 Å². The summed E-state index contributed by atoms with van der Waals surface area (Å²) in [7, 11) is 1.91. The topological polar surface area (TPSA) is 32.3 Å². The first-order valence-corrected chi connectivity index (χ1v) is 7.45. The van der Waals surface area contributed by atoms with E-state index in [0.717, 1.165) is 18.0 Å². The zero-order valence-electron chi connectivity index (χ0n) is 11.5. The molecule has 1 fully saturated rings. The Labute approximate surface area is 113 Å². The summed E-state index contributed by atoms with van der Waals surface area (Å²) in [6, 6.07) is 2.47. The lowest BCUT2D eigenvalue weighted by Crippen LogP contribution is -2.44. The molecule has 1 aromatic rings. The van der Waals surface area contributed by atoms with Crippen LogP contribution in [0.2, 0.25) is 0 Å². The van der Waals surface area contributed by atoms with Crippen LogP contribution in [0.1, 0.15) is 39.4 Å². The molecule has 2 heterocycles. The molecule has 0 radical (unpaired) electrons. The Bertz CT molecular complexity index is 402. The minimum atomic E-state index is 0.156. The second kappa shape index (κ2) is 5.85. The van der Waals surface area contributed by atoms with Gasteiger partial charge in [-0.1, -0.05) is 6.42 Å². The molecule has 4 heteroatoms. The van der Waals surface area contributed by atoms with Crippen molar-refractivity contribution in [1.29, 1.82) is 0 Å².